The lowest BCUT2D eigenvalue weighted by Gasteiger charge is -2.32. The summed E-state index contributed by atoms with van der Waals surface area (Å²) in [6.07, 6.45) is 6.41. The molecule has 0 aromatic heterocycles. The van der Waals surface area contributed by atoms with Gasteiger partial charge in [0.05, 0.1) is 12.2 Å². The molecular weight excluding hydrogens is 176 g/mol. The van der Waals surface area contributed by atoms with Gasteiger partial charge in [0.25, 0.3) is 0 Å². The Kier molecular flexibility index (Phi) is 2.26. The molecule has 80 valence electrons. The van der Waals surface area contributed by atoms with Crippen molar-refractivity contribution in [1.29, 1.82) is 0 Å². The van der Waals surface area contributed by atoms with Crippen LogP contribution in [0.3, 0.4) is 0 Å². The lowest BCUT2D eigenvalue weighted by atomic mass is 9.88. The predicted molar refractivity (Wildman–Crippen MR) is 55.3 cm³/mol. The number of ether oxygens (including phenoxy) is 1. The zero-order valence-corrected chi connectivity index (χ0v) is 8.72. The van der Waals surface area contributed by atoms with Crippen LogP contribution in [-0.2, 0) is 4.74 Å². The number of hydrogen-bond donors (Lipinski definition) is 2. The van der Waals surface area contributed by atoms with Crippen molar-refractivity contribution in [3.63, 3.8) is 0 Å². The highest BCUT2D eigenvalue weighted by molar-refractivity contribution is 4.97. The topological polar surface area (TPSA) is 33.3 Å². The minimum atomic E-state index is 0.234. The van der Waals surface area contributed by atoms with Crippen molar-refractivity contribution in [3.05, 3.63) is 0 Å². The molecule has 0 amide bonds. The van der Waals surface area contributed by atoms with E-state index in [9.17, 15) is 0 Å². The summed E-state index contributed by atoms with van der Waals surface area (Å²) in [6, 6.07) is 1.46. The fourth-order valence-corrected chi connectivity index (χ4v) is 2.77. The first-order valence-corrected chi connectivity index (χ1v) is 5.97. The Bertz CT molecular complexity index is 209. The molecule has 1 spiro atoms. The normalized spacial score (nSPS) is 36.4. The second-order valence-electron chi connectivity index (χ2n) is 5.09. The van der Waals surface area contributed by atoms with Crippen molar-refractivity contribution >= 4 is 0 Å². The fraction of sp³-hybridized carbons (Fsp3) is 1.00. The molecule has 3 fully saturated rings. The molecule has 3 rings (SSSR count). The quantitative estimate of drug-likeness (QED) is 0.680. The monoisotopic (exact) mass is 196 g/mol. The molecule has 2 heterocycles. The highest BCUT2D eigenvalue weighted by atomic mass is 16.5. The average Bonchev–Trinajstić information content (AvgIpc) is 2.93. The molecule has 1 aliphatic carbocycles. The van der Waals surface area contributed by atoms with Crippen molar-refractivity contribution in [2.75, 3.05) is 19.7 Å². The maximum atomic E-state index is 6.02. The van der Waals surface area contributed by atoms with Crippen LogP contribution in [0.25, 0.3) is 0 Å². The zero-order valence-electron chi connectivity index (χ0n) is 8.72. The second kappa shape index (κ2) is 3.47. The molecule has 1 saturated carbocycles. The number of hydrogen-bond acceptors (Lipinski definition) is 3. The SMILES string of the molecule is C1CC2(CCN1)CC(NC1CC1)CO2. The minimum Gasteiger partial charge on any atom is -0.373 e. The van der Waals surface area contributed by atoms with Crippen molar-refractivity contribution in [1.82, 2.24) is 10.6 Å². The lowest BCUT2D eigenvalue weighted by molar-refractivity contribution is -0.0194. The molecule has 2 aliphatic heterocycles. The molecular formula is C11H20N2O. The zero-order chi connectivity index (χ0) is 9.43. The Morgan fingerprint density at radius 1 is 1.14 bits per heavy atom. The van der Waals surface area contributed by atoms with Crippen molar-refractivity contribution in [3.8, 4) is 0 Å². The van der Waals surface area contributed by atoms with Gasteiger partial charge in [-0.25, -0.2) is 0 Å². The molecule has 1 atom stereocenters. The van der Waals surface area contributed by atoms with Gasteiger partial charge in [0, 0.05) is 12.1 Å². The van der Waals surface area contributed by atoms with Gasteiger partial charge in [-0.1, -0.05) is 0 Å². The fourth-order valence-electron chi connectivity index (χ4n) is 2.77. The van der Waals surface area contributed by atoms with Gasteiger partial charge in [0.2, 0.25) is 0 Å². The van der Waals surface area contributed by atoms with Gasteiger partial charge in [0.15, 0.2) is 0 Å². The van der Waals surface area contributed by atoms with Gasteiger partial charge in [-0.3, -0.25) is 0 Å². The second-order valence-corrected chi connectivity index (χ2v) is 5.09. The van der Waals surface area contributed by atoms with Crippen LogP contribution < -0.4 is 10.6 Å². The summed E-state index contributed by atoms with van der Waals surface area (Å²) in [5.41, 5.74) is 0.234. The Morgan fingerprint density at radius 3 is 2.64 bits per heavy atom. The molecule has 0 bridgehead atoms. The van der Waals surface area contributed by atoms with E-state index >= 15 is 0 Å². The van der Waals surface area contributed by atoms with Crippen LogP contribution in [0.15, 0.2) is 0 Å². The Hall–Kier alpha value is -0.120. The van der Waals surface area contributed by atoms with Crippen LogP contribution in [0.2, 0.25) is 0 Å². The molecule has 0 aromatic rings. The van der Waals surface area contributed by atoms with Gasteiger partial charge in [-0.15, -0.1) is 0 Å². The molecule has 2 N–H and O–H groups in total. The van der Waals surface area contributed by atoms with Crippen LogP contribution in [0.1, 0.15) is 32.1 Å². The van der Waals surface area contributed by atoms with Crippen LogP contribution in [0.4, 0.5) is 0 Å². The first-order chi connectivity index (χ1) is 6.86. The van der Waals surface area contributed by atoms with E-state index < -0.39 is 0 Å². The third kappa shape index (κ3) is 1.81. The van der Waals surface area contributed by atoms with E-state index in [0.29, 0.717) is 6.04 Å². The third-order valence-corrected chi connectivity index (χ3v) is 3.77. The molecule has 1 unspecified atom stereocenters. The standard InChI is InChI=1S/C11H20N2O/c1-2-9(1)13-10-7-11(14-8-10)3-5-12-6-4-11/h9-10,12-13H,1-8H2. The van der Waals surface area contributed by atoms with E-state index in [2.05, 4.69) is 10.6 Å². The number of nitrogens with one attached hydrogen (secondary N) is 2. The van der Waals surface area contributed by atoms with E-state index in [1.807, 2.05) is 0 Å². The average molecular weight is 196 g/mol. The Morgan fingerprint density at radius 2 is 1.93 bits per heavy atom. The van der Waals surface area contributed by atoms with E-state index in [4.69, 9.17) is 4.74 Å². The predicted octanol–water partition coefficient (Wildman–Crippen LogP) is 0.649. The summed E-state index contributed by atoms with van der Waals surface area (Å²) in [7, 11) is 0. The summed E-state index contributed by atoms with van der Waals surface area (Å²) in [5.74, 6) is 0. The first kappa shape index (κ1) is 9.13. The van der Waals surface area contributed by atoms with E-state index in [1.165, 1.54) is 32.1 Å². The molecule has 0 radical (unpaired) electrons. The molecule has 0 aromatic carbocycles. The molecule has 3 nitrogen and oxygen atoms in total. The molecule has 2 saturated heterocycles. The molecule has 14 heavy (non-hydrogen) atoms. The van der Waals surface area contributed by atoms with Crippen LogP contribution in [-0.4, -0.2) is 37.4 Å². The van der Waals surface area contributed by atoms with Crippen LogP contribution in [0.5, 0.6) is 0 Å². The van der Waals surface area contributed by atoms with E-state index in [1.54, 1.807) is 0 Å². The summed E-state index contributed by atoms with van der Waals surface area (Å²) in [6.45, 7) is 3.21. The number of piperidine rings is 1. The number of rotatable bonds is 2. The van der Waals surface area contributed by atoms with E-state index in [-0.39, 0.29) is 5.60 Å². The minimum absolute atomic E-state index is 0.234. The van der Waals surface area contributed by atoms with Gasteiger partial charge in [-0.2, -0.15) is 0 Å². The Balaban J connectivity index is 1.56. The summed E-state index contributed by atoms with van der Waals surface area (Å²) in [4.78, 5) is 0. The smallest absolute Gasteiger partial charge is 0.0723 e. The van der Waals surface area contributed by atoms with Crippen LogP contribution >= 0.6 is 0 Å². The maximum Gasteiger partial charge on any atom is 0.0723 e. The Labute approximate surface area is 85.6 Å². The van der Waals surface area contributed by atoms with Gasteiger partial charge in [0.1, 0.15) is 0 Å². The van der Waals surface area contributed by atoms with Gasteiger partial charge < -0.3 is 15.4 Å². The first-order valence-electron chi connectivity index (χ1n) is 5.97. The summed E-state index contributed by atoms with van der Waals surface area (Å²) >= 11 is 0. The van der Waals surface area contributed by atoms with Gasteiger partial charge >= 0.3 is 0 Å². The molecule has 3 heteroatoms. The maximum absolute atomic E-state index is 6.02. The van der Waals surface area contributed by atoms with Crippen molar-refractivity contribution in [2.45, 2.75) is 49.8 Å². The van der Waals surface area contributed by atoms with Crippen molar-refractivity contribution in [2.24, 2.45) is 0 Å². The highest BCUT2D eigenvalue weighted by Crippen LogP contribution is 2.35. The van der Waals surface area contributed by atoms with Crippen LogP contribution in [0, 0.1) is 0 Å². The summed E-state index contributed by atoms with van der Waals surface area (Å²) in [5, 5.41) is 7.08. The third-order valence-electron chi connectivity index (χ3n) is 3.77. The largest absolute Gasteiger partial charge is 0.373 e. The highest BCUT2D eigenvalue weighted by Gasteiger charge is 2.42. The molecule has 3 aliphatic rings. The summed E-state index contributed by atoms with van der Waals surface area (Å²) < 4.78 is 6.02. The van der Waals surface area contributed by atoms with E-state index in [0.717, 1.165) is 25.7 Å². The van der Waals surface area contributed by atoms with Gasteiger partial charge in [-0.05, 0) is 45.2 Å². The lowest BCUT2D eigenvalue weighted by Crippen LogP contribution is -2.42. The van der Waals surface area contributed by atoms with Crippen molar-refractivity contribution < 1.29 is 4.74 Å².